The van der Waals surface area contributed by atoms with E-state index in [0.717, 1.165) is 6.26 Å². The summed E-state index contributed by atoms with van der Waals surface area (Å²) in [7, 11) is -1.78. The second kappa shape index (κ2) is 7.14. The molecule has 9 heteroatoms. The molecule has 0 spiro atoms. The van der Waals surface area contributed by atoms with Gasteiger partial charge in [-0.2, -0.15) is 13.2 Å². The monoisotopic (exact) mass is 389 g/mol. The van der Waals surface area contributed by atoms with Gasteiger partial charge in [0.05, 0.1) is 5.75 Å². The first kappa shape index (κ1) is 20.0. The van der Waals surface area contributed by atoms with Crippen LogP contribution in [-0.2, 0) is 22.6 Å². The van der Waals surface area contributed by atoms with Crippen LogP contribution in [0.25, 0.3) is 11.1 Å². The van der Waals surface area contributed by atoms with Crippen LogP contribution in [0, 0.1) is 6.92 Å². The molecule has 26 heavy (non-hydrogen) atoms. The smallest absolute Gasteiger partial charge is 0.422 e. The molecule has 0 saturated carbocycles. The predicted octanol–water partition coefficient (Wildman–Crippen LogP) is 2.85. The molecule has 0 N–H and O–H groups in total. The second-order valence-electron chi connectivity index (χ2n) is 6.07. The summed E-state index contributed by atoms with van der Waals surface area (Å²) in [6.07, 6.45) is -1.98. The van der Waals surface area contributed by atoms with Crippen LogP contribution in [-0.4, -0.2) is 32.0 Å². The molecule has 2 aromatic rings. The molecular formula is C17H18F3NO4S. The van der Waals surface area contributed by atoms with E-state index in [0.29, 0.717) is 16.7 Å². The maximum absolute atomic E-state index is 12.5. The summed E-state index contributed by atoms with van der Waals surface area (Å²) in [5.41, 5.74) is 1.04. The fraction of sp³-hybridized carbons (Fsp3) is 0.353. The number of alkyl halides is 3. The van der Waals surface area contributed by atoms with Crippen molar-refractivity contribution in [3.63, 3.8) is 0 Å². The van der Waals surface area contributed by atoms with Crippen molar-refractivity contribution in [2.75, 3.05) is 12.9 Å². The number of nitrogens with zero attached hydrogens (tertiary/aromatic N) is 1. The minimum absolute atomic E-state index is 0.0732. The largest absolute Gasteiger partial charge is 0.483 e. The van der Waals surface area contributed by atoms with Crippen LogP contribution < -0.4 is 10.3 Å². The Morgan fingerprint density at radius 1 is 1.15 bits per heavy atom. The molecule has 2 rings (SSSR count). The molecule has 0 amide bonds. The zero-order valence-electron chi connectivity index (χ0n) is 14.4. The molecule has 1 heterocycles. The van der Waals surface area contributed by atoms with E-state index in [9.17, 15) is 26.4 Å². The van der Waals surface area contributed by atoms with Crippen molar-refractivity contribution in [3.8, 4) is 16.9 Å². The quantitative estimate of drug-likeness (QED) is 0.789. The van der Waals surface area contributed by atoms with Crippen LogP contribution >= 0.6 is 0 Å². The summed E-state index contributed by atoms with van der Waals surface area (Å²) in [6.45, 7) is 0.0593. The average Bonchev–Trinajstić information content (AvgIpc) is 2.49. The number of benzene rings is 1. The average molecular weight is 389 g/mol. The number of aromatic nitrogens is 1. The number of hydrogen-bond donors (Lipinski definition) is 0. The van der Waals surface area contributed by atoms with Gasteiger partial charge in [-0.05, 0) is 36.2 Å². The minimum atomic E-state index is -4.52. The van der Waals surface area contributed by atoms with Gasteiger partial charge in [0.1, 0.15) is 5.75 Å². The topological polar surface area (TPSA) is 65.4 Å². The third-order valence-electron chi connectivity index (χ3n) is 3.66. The highest BCUT2D eigenvalue weighted by atomic mass is 32.2. The van der Waals surface area contributed by atoms with Gasteiger partial charge in [0.15, 0.2) is 16.4 Å². The van der Waals surface area contributed by atoms with Crippen molar-refractivity contribution < 1.29 is 26.3 Å². The lowest BCUT2D eigenvalue weighted by atomic mass is 9.99. The van der Waals surface area contributed by atoms with Gasteiger partial charge in [0.2, 0.25) is 0 Å². The lowest BCUT2D eigenvalue weighted by Gasteiger charge is -2.16. The van der Waals surface area contributed by atoms with Crippen LogP contribution in [0.2, 0.25) is 0 Å². The number of rotatable bonds is 5. The molecule has 142 valence electrons. The Bertz CT molecular complexity index is 978. The maximum Gasteiger partial charge on any atom is 0.422 e. The van der Waals surface area contributed by atoms with Gasteiger partial charge in [-0.15, -0.1) is 0 Å². The fourth-order valence-electron chi connectivity index (χ4n) is 2.52. The van der Waals surface area contributed by atoms with E-state index in [-0.39, 0.29) is 22.6 Å². The summed E-state index contributed by atoms with van der Waals surface area (Å²) >= 11 is 0. The van der Waals surface area contributed by atoms with Gasteiger partial charge < -0.3 is 9.30 Å². The van der Waals surface area contributed by atoms with Gasteiger partial charge >= 0.3 is 6.18 Å². The minimum Gasteiger partial charge on any atom is -0.483 e. The highest BCUT2D eigenvalue weighted by Gasteiger charge is 2.29. The van der Waals surface area contributed by atoms with Crippen LogP contribution in [0.15, 0.2) is 35.3 Å². The zero-order chi connectivity index (χ0) is 19.7. The molecule has 0 radical (unpaired) electrons. The van der Waals surface area contributed by atoms with Crippen molar-refractivity contribution in [1.29, 1.82) is 0 Å². The van der Waals surface area contributed by atoms with E-state index in [1.165, 1.54) is 29.0 Å². The first-order chi connectivity index (χ1) is 11.9. The summed E-state index contributed by atoms with van der Waals surface area (Å²) in [4.78, 5) is 12.2. The maximum atomic E-state index is 12.5. The van der Waals surface area contributed by atoms with E-state index >= 15 is 0 Å². The van der Waals surface area contributed by atoms with E-state index in [4.69, 9.17) is 4.74 Å². The number of pyridine rings is 1. The van der Waals surface area contributed by atoms with E-state index in [1.807, 2.05) is 0 Å². The first-order valence-corrected chi connectivity index (χ1v) is 9.60. The summed E-state index contributed by atoms with van der Waals surface area (Å²) in [6, 6.07) is 5.70. The molecule has 0 aliphatic carbocycles. The summed E-state index contributed by atoms with van der Waals surface area (Å²) < 4.78 is 66.8. The lowest BCUT2D eigenvalue weighted by Crippen LogP contribution is -2.20. The molecule has 0 atom stereocenters. The van der Waals surface area contributed by atoms with Crippen LogP contribution in [0.1, 0.15) is 11.1 Å². The molecule has 1 aromatic heterocycles. The molecule has 1 aromatic carbocycles. The highest BCUT2D eigenvalue weighted by molar-refractivity contribution is 7.89. The second-order valence-corrected chi connectivity index (χ2v) is 8.22. The molecule has 0 bridgehead atoms. The molecular weight excluding hydrogens is 371 g/mol. The van der Waals surface area contributed by atoms with E-state index in [2.05, 4.69) is 0 Å². The summed E-state index contributed by atoms with van der Waals surface area (Å²) in [5, 5.41) is 0. The Balaban J connectivity index is 2.60. The van der Waals surface area contributed by atoms with Crippen molar-refractivity contribution in [3.05, 3.63) is 51.9 Å². The van der Waals surface area contributed by atoms with E-state index < -0.39 is 22.6 Å². The number of sulfone groups is 1. The van der Waals surface area contributed by atoms with Crippen molar-refractivity contribution in [1.82, 2.24) is 4.57 Å². The molecule has 0 aliphatic heterocycles. The Morgan fingerprint density at radius 3 is 2.38 bits per heavy atom. The molecule has 0 unspecified atom stereocenters. The Labute approximate surface area is 149 Å². The van der Waals surface area contributed by atoms with Gasteiger partial charge in [-0.3, -0.25) is 4.79 Å². The van der Waals surface area contributed by atoms with Crippen LogP contribution in [0.3, 0.4) is 0 Å². The van der Waals surface area contributed by atoms with Gasteiger partial charge in [0, 0.05) is 30.6 Å². The van der Waals surface area contributed by atoms with E-state index in [1.54, 1.807) is 20.0 Å². The Hall–Kier alpha value is -2.29. The van der Waals surface area contributed by atoms with Gasteiger partial charge in [0.25, 0.3) is 5.56 Å². The van der Waals surface area contributed by atoms with Crippen LogP contribution in [0.4, 0.5) is 13.2 Å². The number of aryl methyl sites for hydroxylation is 1. The first-order valence-electron chi connectivity index (χ1n) is 7.54. The SMILES string of the molecule is Cc1c(-c2cc(CS(C)(=O)=O)ccc2OCC(F)(F)F)ccn(C)c1=O. The predicted molar refractivity (Wildman–Crippen MR) is 92.0 cm³/mol. The number of ether oxygens (including phenoxy) is 1. The fourth-order valence-corrected chi connectivity index (χ4v) is 3.30. The molecule has 0 fully saturated rings. The van der Waals surface area contributed by atoms with Crippen molar-refractivity contribution >= 4 is 9.84 Å². The molecule has 5 nitrogen and oxygen atoms in total. The Kier molecular flexibility index (Phi) is 5.50. The van der Waals surface area contributed by atoms with Gasteiger partial charge in [-0.1, -0.05) is 6.07 Å². The lowest BCUT2D eigenvalue weighted by molar-refractivity contribution is -0.153. The Morgan fingerprint density at radius 2 is 1.81 bits per heavy atom. The number of hydrogen-bond acceptors (Lipinski definition) is 4. The third-order valence-corrected chi connectivity index (χ3v) is 4.52. The van der Waals surface area contributed by atoms with Crippen molar-refractivity contribution in [2.45, 2.75) is 18.9 Å². The number of halogens is 3. The standard InChI is InChI=1S/C17H18F3NO4S/c1-11-13(6-7-21(2)16(11)22)14-8-12(9-26(3,23)24)4-5-15(14)25-10-17(18,19)20/h4-8H,9-10H2,1-3H3. The molecule has 0 saturated heterocycles. The third kappa shape index (κ3) is 5.10. The van der Waals surface area contributed by atoms with Crippen LogP contribution in [0.5, 0.6) is 5.75 Å². The van der Waals surface area contributed by atoms with Gasteiger partial charge in [-0.25, -0.2) is 8.42 Å². The normalized spacial score (nSPS) is 12.2. The molecule has 0 aliphatic rings. The summed E-state index contributed by atoms with van der Waals surface area (Å²) in [5.74, 6) is -0.348. The zero-order valence-corrected chi connectivity index (χ0v) is 15.2. The highest BCUT2D eigenvalue weighted by Crippen LogP contribution is 2.33. The van der Waals surface area contributed by atoms with Crippen molar-refractivity contribution in [2.24, 2.45) is 7.05 Å².